The van der Waals surface area contributed by atoms with Gasteiger partial charge in [-0.25, -0.2) is 9.59 Å². The Balaban J connectivity index is 3.31. The molecule has 7 heteroatoms. The molecule has 0 saturated carbocycles. The van der Waals surface area contributed by atoms with Gasteiger partial charge in [0.2, 0.25) is 5.51 Å². The minimum atomic E-state index is -1.54. The number of thiazole rings is 1. The summed E-state index contributed by atoms with van der Waals surface area (Å²) in [5, 5.41) is 27.5. The summed E-state index contributed by atoms with van der Waals surface area (Å²) in [5.74, 6) is -2.95. The van der Waals surface area contributed by atoms with E-state index in [4.69, 9.17) is 10.2 Å². The van der Waals surface area contributed by atoms with E-state index in [1.807, 2.05) is 0 Å². The summed E-state index contributed by atoms with van der Waals surface area (Å²) in [6.07, 6.45) is 0. The molecule has 0 unspecified atom stereocenters. The first kappa shape index (κ1) is 8.47. The highest BCUT2D eigenvalue weighted by Crippen LogP contribution is 2.10. The number of carbonyl (C=O) groups is 2. The van der Waals surface area contributed by atoms with E-state index >= 15 is 0 Å². The molecular formula is C5H3NO5S. The highest BCUT2D eigenvalue weighted by Gasteiger charge is 2.28. The zero-order valence-electron chi connectivity index (χ0n) is 5.55. The fourth-order valence-corrected chi connectivity index (χ4v) is 1.35. The lowest BCUT2D eigenvalue weighted by molar-refractivity contribution is -0.603. The van der Waals surface area contributed by atoms with Gasteiger partial charge in [0.15, 0.2) is 4.88 Å². The molecule has 0 aliphatic carbocycles. The van der Waals surface area contributed by atoms with Crippen LogP contribution >= 0.6 is 11.3 Å². The molecule has 0 aliphatic rings. The Hall–Kier alpha value is -1.63. The third kappa shape index (κ3) is 1.21. The van der Waals surface area contributed by atoms with Crippen LogP contribution in [0.3, 0.4) is 0 Å². The molecule has 0 fully saturated rings. The second-order valence-electron chi connectivity index (χ2n) is 1.84. The van der Waals surface area contributed by atoms with Gasteiger partial charge in [0.05, 0.1) is 0 Å². The zero-order valence-corrected chi connectivity index (χ0v) is 6.37. The lowest BCUT2D eigenvalue weighted by Gasteiger charge is -1.92. The van der Waals surface area contributed by atoms with Crippen LogP contribution in [0.1, 0.15) is 20.2 Å². The molecule has 0 spiro atoms. The van der Waals surface area contributed by atoms with E-state index in [1.165, 1.54) is 0 Å². The molecule has 1 aromatic heterocycles. The molecule has 2 N–H and O–H groups in total. The van der Waals surface area contributed by atoms with Crippen LogP contribution in [0.4, 0.5) is 0 Å². The van der Waals surface area contributed by atoms with Gasteiger partial charge in [0.1, 0.15) is 0 Å². The van der Waals surface area contributed by atoms with Crippen molar-refractivity contribution in [3.8, 4) is 0 Å². The van der Waals surface area contributed by atoms with Gasteiger partial charge in [-0.2, -0.15) is 4.73 Å². The normalized spacial score (nSPS) is 9.67. The van der Waals surface area contributed by atoms with Gasteiger partial charge in [-0.05, 0) is 0 Å². The van der Waals surface area contributed by atoms with Crippen molar-refractivity contribution >= 4 is 23.3 Å². The zero-order chi connectivity index (χ0) is 9.30. The van der Waals surface area contributed by atoms with Gasteiger partial charge in [-0.15, -0.1) is 0 Å². The quantitative estimate of drug-likeness (QED) is 0.494. The average Bonchev–Trinajstić information content (AvgIpc) is 2.30. The Bertz CT molecular complexity index is 344. The van der Waals surface area contributed by atoms with Crippen LogP contribution in [0.5, 0.6) is 0 Å². The molecule has 1 aromatic rings. The lowest BCUT2D eigenvalue weighted by Crippen LogP contribution is -2.32. The lowest BCUT2D eigenvalue weighted by atomic mass is 10.4. The maximum atomic E-state index is 10.7. The fraction of sp³-hybridized carbons (Fsp3) is 0. The van der Waals surface area contributed by atoms with E-state index in [1.54, 1.807) is 0 Å². The largest absolute Gasteiger partial charge is 0.617 e. The third-order valence-electron chi connectivity index (χ3n) is 1.10. The molecule has 0 saturated heterocycles. The molecule has 0 aromatic carbocycles. The monoisotopic (exact) mass is 189 g/mol. The van der Waals surface area contributed by atoms with Crippen molar-refractivity contribution in [2.75, 3.05) is 0 Å². The van der Waals surface area contributed by atoms with Crippen LogP contribution in [0.2, 0.25) is 0 Å². The van der Waals surface area contributed by atoms with Gasteiger partial charge < -0.3 is 15.4 Å². The van der Waals surface area contributed by atoms with E-state index in [9.17, 15) is 14.8 Å². The molecule has 1 rings (SSSR count). The van der Waals surface area contributed by atoms with E-state index in [0.717, 1.165) is 5.51 Å². The standard InChI is InChI=1S/C5H3NO5S/c7-4(8)2-3(5(9)10)12-1-6(2)11/h1H,(H,7,8)(H,9,10). The van der Waals surface area contributed by atoms with E-state index in [-0.39, 0.29) is 4.73 Å². The Labute approximate surface area is 69.9 Å². The van der Waals surface area contributed by atoms with Crippen molar-refractivity contribution in [2.45, 2.75) is 0 Å². The average molecular weight is 189 g/mol. The van der Waals surface area contributed by atoms with Crippen molar-refractivity contribution in [3.05, 3.63) is 21.3 Å². The summed E-state index contributed by atoms with van der Waals surface area (Å²) in [4.78, 5) is 20.2. The van der Waals surface area contributed by atoms with Gasteiger partial charge in [0.25, 0.3) is 0 Å². The first-order chi connectivity index (χ1) is 5.54. The fourth-order valence-electron chi connectivity index (χ4n) is 0.652. The van der Waals surface area contributed by atoms with Crippen LogP contribution in [0, 0.1) is 5.21 Å². The number of carboxylic acids is 2. The molecule has 0 aliphatic heterocycles. The van der Waals surface area contributed by atoms with Crippen molar-refractivity contribution in [3.63, 3.8) is 0 Å². The predicted molar refractivity (Wildman–Crippen MR) is 37.2 cm³/mol. The summed E-state index contributed by atoms with van der Waals surface area (Å²) >= 11 is 0.583. The van der Waals surface area contributed by atoms with E-state index in [2.05, 4.69) is 0 Å². The summed E-state index contributed by atoms with van der Waals surface area (Å²) in [7, 11) is 0. The van der Waals surface area contributed by atoms with Crippen LogP contribution in [-0.4, -0.2) is 22.2 Å². The number of nitrogens with zero attached hydrogens (tertiary/aromatic N) is 1. The second kappa shape index (κ2) is 2.78. The maximum Gasteiger partial charge on any atom is 0.404 e. The topological polar surface area (TPSA) is 102 Å². The predicted octanol–water partition coefficient (Wildman–Crippen LogP) is -0.222. The van der Waals surface area contributed by atoms with Crippen LogP contribution in [-0.2, 0) is 0 Å². The first-order valence-corrected chi connectivity index (χ1v) is 3.59. The second-order valence-corrected chi connectivity index (χ2v) is 2.69. The molecule has 0 amide bonds. The van der Waals surface area contributed by atoms with E-state index in [0.29, 0.717) is 11.3 Å². The highest BCUT2D eigenvalue weighted by molar-refractivity contribution is 7.11. The summed E-state index contributed by atoms with van der Waals surface area (Å²) < 4.78 is 0.0243. The van der Waals surface area contributed by atoms with Crippen molar-refractivity contribution in [2.24, 2.45) is 0 Å². The van der Waals surface area contributed by atoms with Gasteiger partial charge in [-0.1, -0.05) is 11.3 Å². The summed E-state index contributed by atoms with van der Waals surface area (Å²) in [5.41, 5.74) is 0.139. The Morgan fingerprint density at radius 1 is 1.42 bits per heavy atom. The smallest absolute Gasteiger partial charge is 0.404 e. The minimum Gasteiger partial charge on any atom is -0.617 e. The molecule has 64 valence electrons. The van der Waals surface area contributed by atoms with Crippen LogP contribution in [0.25, 0.3) is 0 Å². The molecular weight excluding hydrogens is 186 g/mol. The third-order valence-corrected chi connectivity index (χ3v) is 2.00. The van der Waals surface area contributed by atoms with Gasteiger partial charge in [0, 0.05) is 0 Å². The van der Waals surface area contributed by atoms with E-state index < -0.39 is 22.5 Å². The number of rotatable bonds is 2. The molecule has 1 heterocycles. The van der Waals surface area contributed by atoms with Crippen molar-refractivity contribution < 1.29 is 24.5 Å². The number of aromatic carboxylic acids is 2. The molecule has 6 nitrogen and oxygen atoms in total. The molecule has 0 radical (unpaired) electrons. The summed E-state index contributed by atoms with van der Waals surface area (Å²) in [6.45, 7) is 0. The maximum absolute atomic E-state index is 10.7. The van der Waals surface area contributed by atoms with Crippen LogP contribution < -0.4 is 4.73 Å². The van der Waals surface area contributed by atoms with Crippen molar-refractivity contribution in [1.29, 1.82) is 0 Å². The first-order valence-electron chi connectivity index (χ1n) is 2.71. The molecule has 0 atom stereocenters. The minimum absolute atomic E-state index is 0.0243. The Morgan fingerprint density at radius 2 is 2.00 bits per heavy atom. The van der Waals surface area contributed by atoms with Gasteiger partial charge in [-0.3, -0.25) is 0 Å². The number of carboxylic acid groups (broad SMARTS) is 2. The Morgan fingerprint density at radius 3 is 2.33 bits per heavy atom. The number of hydrogen-bond donors (Lipinski definition) is 2. The highest BCUT2D eigenvalue weighted by atomic mass is 32.1. The van der Waals surface area contributed by atoms with Gasteiger partial charge >= 0.3 is 17.6 Å². The Kier molecular flexibility index (Phi) is 1.96. The number of hydrogen-bond acceptors (Lipinski definition) is 4. The van der Waals surface area contributed by atoms with Crippen molar-refractivity contribution in [1.82, 2.24) is 0 Å². The SMILES string of the molecule is O=C(O)c1sc[n+]([O-])c1C(=O)O. The number of aromatic nitrogens is 1. The van der Waals surface area contributed by atoms with Crippen LogP contribution in [0.15, 0.2) is 5.51 Å². The summed E-state index contributed by atoms with van der Waals surface area (Å²) in [6, 6.07) is 0. The molecule has 12 heavy (non-hydrogen) atoms. The molecule has 0 bridgehead atoms.